The SMILES string of the molecule is Cc1ccc2nc(N(CC3CCCO3)C(=O)/C=C/c3cccc([N+](=O)[O-])c3)sc2c1. The maximum Gasteiger partial charge on any atom is 0.270 e. The highest BCUT2D eigenvalue weighted by molar-refractivity contribution is 7.22. The van der Waals surface area contributed by atoms with Gasteiger partial charge >= 0.3 is 0 Å². The van der Waals surface area contributed by atoms with Crippen molar-refractivity contribution in [1.82, 2.24) is 4.98 Å². The highest BCUT2D eigenvalue weighted by Gasteiger charge is 2.25. The van der Waals surface area contributed by atoms with E-state index in [1.807, 2.05) is 19.1 Å². The molecule has 1 amide bonds. The second-order valence-electron chi connectivity index (χ2n) is 7.24. The van der Waals surface area contributed by atoms with Crippen LogP contribution in [0.3, 0.4) is 0 Å². The van der Waals surface area contributed by atoms with Crippen LogP contribution in [0.25, 0.3) is 16.3 Å². The van der Waals surface area contributed by atoms with Gasteiger partial charge in [0, 0.05) is 24.8 Å². The van der Waals surface area contributed by atoms with Gasteiger partial charge in [-0.3, -0.25) is 19.8 Å². The minimum atomic E-state index is -0.452. The maximum absolute atomic E-state index is 13.1. The van der Waals surface area contributed by atoms with E-state index >= 15 is 0 Å². The number of aryl methyl sites for hydroxylation is 1. The maximum atomic E-state index is 13.1. The normalized spacial score (nSPS) is 16.4. The summed E-state index contributed by atoms with van der Waals surface area (Å²) in [7, 11) is 0. The number of fused-ring (bicyclic) bond motifs is 1. The Morgan fingerprint density at radius 2 is 2.23 bits per heavy atom. The average Bonchev–Trinajstić information content (AvgIpc) is 3.39. The fourth-order valence-electron chi connectivity index (χ4n) is 3.39. The van der Waals surface area contributed by atoms with Gasteiger partial charge in [0.05, 0.1) is 27.8 Å². The molecule has 0 bridgehead atoms. The molecule has 1 aliphatic rings. The lowest BCUT2D eigenvalue weighted by molar-refractivity contribution is -0.384. The number of nitrogens with zero attached hydrogens (tertiary/aromatic N) is 3. The Balaban J connectivity index is 1.61. The first-order chi connectivity index (χ1) is 14.5. The fourth-order valence-corrected chi connectivity index (χ4v) is 4.47. The Labute approximate surface area is 177 Å². The molecule has 0 spiro atoms. The zero-order valence-corrected chi connectivity index (χ0v) is 17.3. The number of hydrogen-bond donors (Lipinski definition) is 0. The summed E-state index contributed by atoms with van der Waals surface area (Å²) >= 11 is 1.47. The van der Waals surface area contributed by atoms with Crippen molar-refractivity contribution < 1.29 is 14.5 Å². The van der Waals surface area contributed by atoms with Crippen LogP contribution in [0.4, 0.5) is 10.8 Å². The van der Waals surface area contributed by atoms with Gasteiger partial charge in [-0.15, -0.1) is 0 Å². The third-order valence-corrected chi connectivity index (χ3v) is 5.98. The predicted octanol–water partition coefficient (Wildman–Crippen LogP) is 4.74. The Morgan fingerprint density at radius 1 is 1.37 bits per heavy atom. The summed E-state index contributed by atoms with van der Waals surface area (Å²) in [5, 5.41) is 11.6. The van der Waals surface area contributed by atoms with Gasteiger partial charge in [-0.05, 0) is 49.1 Å². The Morgan fingerprint density at radius 3 is 3.00 bits per heavy atom. The number of rotatable bonds is 6. The van der Waals surface area contributed by atoms with Gasteiger partial charge in [0.1, 0.15) is 0 Å². The largest absolute Gasteiger partial charge is 0.376 e. The summed E-state index contributed by atoms with van der Waals surface area (Å²) in [6, 6.07) is 12.2. The van der Waals surface area contributed by atoms with Crippen LogP contribution in [0, 0.1) is 17.0 Å². The fraction of sp³-hybridized carbons (Fsp3) is 0.273. The predicted molar refractivity (Wildman–Crippen MR) is 118 cm³/mol. The van der Waals surface area contributed by atoms with Gasteiger partial charge in [0.15, 0.2) is 5.13 Å². The summed E-state index contributed by atoms with van der Waals surface area (Å²) < 4.78 is 6.76. The molecule has 3 aromatic rings. The lowest BCUT2D eigenvalue weighted by Crippen LogP contribution is -2.36. The van der Waals surface area contributed by atoms with Crippen molar-refractivity contribution in [3.05, 3.63) is 69.8 Å². The molecule has 154 valence electrons. The van der Waals surface area contributed by atoms with Gasteiger partial charge < -0.3 is 4.74 Å². The van der Waals surface area contributed by atoms with Crippen LogP contribution in [-0.2, 0) is 9.53 Å². The van der Waals surface area contributed by atoms with Crippen molar-refractivity contribution in [2.75, 3.05) is 18.1 Å². The number of aromatic nitrogens is 1. The molecular weight excluding hydrogens is 402 g/mol. The Bertz CT molecular complexity index is 1120. The lowest BCUT2D eigenvalue weighted by atomic mass is 10.2. The quantitative estimate of drug-likeness (QED) is 0.325. The number of non-ortho nitro benzene ring substituents is 1. The third kappa shape index (κ3) is 4.55. The molecule has 1 unspecified atom stereocenters. The monoisotopic (exact) mass is 423 g/mol. The zero-order chi connectivity index (χ0) is 21.1. The minimum absolute atomic E-state index is 0.0117. The van der Waals surface area contributed by atoms with Crippen LogP contribution in [-0.4, -0.2) is 35.1 Å². The van der Waals surface area contributed by atoms with E-state index in [9.17, 15) is 14.9 Å². The lowest BCUT2D eigenvalue weighted by Gasteiger charge is -2.21. The van der Waals surface area contributed by atoms with Crippen molar-refractivity contribution in [1.29, 1.82) is 0 Å². The number of anilines is 1. The number of carbonyl (C=O) groups is 1. The number of thiazole rings is 1. The van der Waals surface area contributed by atoms with Crippen molar-refractivity contribution >= 4 is 44.4 Å². The van der Waals surface area contributed by atoms with Gasteiger partial charge in [0.25, 0.3) is 11.6 Å². The van der Waals surface area contributed by atoms with E-state index in [-0.39, 0.29) is 17.7 Å². The smallest absolute Gasteiger partial charge is 0.270 e. The zero-order valence-electron chi connectivity index (χ0n) is 16.5. The second kappa shape index (κ2) is 8.73. The first-order valence-electron chi connectivity index (χ1n) is 9.72. The number of carbonyl (C=O) groups excluding carboxylic acids is 1. The molecule has 0 saturated carbocycles. The van der Waals surface area contributed by atoms with Crippen molar-refractivity contribution in [3.8, 4) is 0 Å². The molecule has 0 radical (unpaired) electrons. The van der Waals surface area contributed by atoms with E-state index in [4.69, 9.17) is 4.74 Å². The number of ether oxygens (including phenoxy) is 1. The van der Waals surface area contributed by atoms with Gasteiger partial charge in [-0.25, -0.2) is 4.98 Å². The van der Waals surface area contributed by atoms with Crippen LogP contribution in [0.1, 0.15) is 24.0 Å². The van der Waals surface area contributed by atoms with E-state index in [1.54, 1.807) is 23.1 Å². The average molecular weight is 423 g/mol. The summed E-state index contributed by atoms with van der Waals surface area (Å²) in [5.41, 5.74) is 2.57. The number of hydrogen-bond acceptors (Lipinski definition) is 6. The number of benzene rings is 2. The van der Waals surface area contributed by atoms with E-state index < -0.39 is 4.92 Å². The van der Waals surface area contributed by atoms with Crippen LogP contribution >= 0.6 is 11.3 Å². The molecule has 1 fully saturated rings. The summed E-state index contributed by atoms with van der Waals surface area (Å²) in [5.74, 6) is -0.229. The molecule has 1 atom stereocenters. The van der Waals surface area contributed by atoms with Crippen molar-refractivity contribution in [3.63, 3.8) is 0 Å². The van der Waals surface area contributed by atoms with Gasteiger partial charge in [-0.1, -0.05) is 29.5 Å². The van der Waals surface area contributed by atoms with Crippen LogP contribution in [0.2, 0.25) is 0 Å². The van der Waals surface area contributed by atoms with Gasteiger partial charge in [-0.2, -0.15) is 0 Å². The molecule has 2 heterocycles. The summed E-state index contributed by atoms with van der Waals surface area (Å²) in [6.07, 6.45) is 4.90. The molecule has 1 aliphatic heterocycles. The third-order valence-electron chi connectivity index (χ3n) is 4.94. The molecule has 30 heavy (non-hydrogen) atoms. The molecular formula is C22H21N3O4S. The van der Waals surface area contributed by atoms with Crippen molar-refractivity contribution in [2.24, 2.45) is 0 Å². The molecule has 2 aromatic carbocycles. The first kappa shape index (κ1) is 20.2. The molecule has 1 aromatic heterocycles. The molecule has 0 aliphatic carbocycles. The molecule has 4 rings (SSSR count). The molecule has 8 heteroatoms. The molecule has 7 nitrogen and oxygen atoms in total. The summed E-state index contributed by atoms with van der Waals surface area (Å²) in [6.45, 7) is 3.15. The highest BCUT2D eigenvalue weighted by atomic mass is 32.1. The first-order valence-corrected chi connectivity index (χ1v) is 10.5. The Kier molecular flexibility index (Phi) is 5.87. The van der Waals surface area contributed by atoms with E-state index in [1.165, 1.54) is 29.5 Å². The standard InChI is InChI=1S/C22H21N3O4S/c1-15-7-9-19-20(12-15)30-22(23-19)24(14-18-6-3-11-29-18)21(26)10-8-16-4-2-5-17(13-16)25(27)28/h2,4-5,7-10,12-13,18H,3,6,11,14H2,1H3/b10-8+. The van der Waals surface area contributed by atoms with E-state index in [0.717, 1.165) is 28.6 Å². The van der Waals surface area contributed by atoms with E-state index in [0.29, 0.717) is 23.8 Å². The Hall–Kier alpha value is -3.10. The van der Waals surface area contributed by atoms with Crippen LogP contribution in [0.5, 0.6) is 0 Å². The topological polar surface area (TPSA) is 85.6 Å². The van der Waals surface area contributed by atoms with Crippen molar-refractivity contribution in [2.45, 2.75) is 25.9 Å². The van der Waals surface area contributed by atoms with Crippen LogP contribution < -0.4 is 4.90 Å². The number of amides is 1. The number of nitro benzene ring substituents is 1. The van der Waals surface area contributed by atoms with Gasteiger partial charge in [0.2, 0.25) is 0 Å². The summed E-state index contributed by atoms with van der Waals surface area (Å²) in [4.78, 5) is 29.9. The van der Waals surface area contributed by atoms with E-state index in [2.05, 4.69) is 11.1 Å². The highest BCUT2D eigenvalue weighted by Crippen LogP contribution is 2.31. The molecule has 0 N–H and O–H groups in total. The number of nitro groups is 1. The minimum Gasteiger partial charge on any atom is -0.376 e. The molecule has 1 saturated heterocycles. The second-order valence-corrected chi connectivity index (χ2v) is 8.25. The van der Waals surface area contributed by atoms with Crippen LogP contribution in [0.15, 0.2) is 48.5 Å².